The van der Waals surface area contributed by atoms with E-state index in [0.717, 1.165) is 38.8 Å². The molecule has 4 heteroatoms. The third-order valence-electron chi connectivity index (χ3n) is 5.23. The fourth-order valence-corrected chi connectivity index (χ4v) is 3.66. The Balaban J connectivity index is 1.93. The van der Waals surface area contributed by atoms with Gasteiger partial charge in [-0.15, -0.1) is 0 Å². The maximum absolute atomic E-state index is 5.49. The quantitative estimate of drug-likeness (QED) is 0.605. The van der Waals surface area contributed by atoms with E-state index in [-0.39, 0.29) is 0 Å². The van der Waals surface area contributed by atoms with Crippen LogP contribution in [0.15, 0.2) is 4.99 Å². The van der Waals surface area contributed by atoms with E-state index in [9.17, 15) is 0 Å². The molecule has 1 atom stereocenters. The average molecular weight is 295 g/mol. The minimum Gasteiger partial charge on any atom is -0.381 e. The fraction of sp³-hybridized carbons (Fsp3) is 0.941. The molecule has 2 rings (SSSR count). The molecule has 1 unspecified atom stereocenters. The molecule has 0 aromatic rings. The Morgan fingerprint density at radius 2 is 2.10 bits per heavy atom. The van der Waals surface area contributed by atoms with Crippen LogP contribution in [0.25, 0.3) is 0 Å². The summed E-state index contributed by atoms with van der Waals surface area (Å²) in [4.78, 5) is 7.26. The Bertz CT molecular complexity index is 331. The molecule has 0 aromatic heterocycles. The van der Waals surface area contributed by atoms with Gasteiger partial charge in [0.25, 0.3) is 0 Å². The minimum absolute atomic E-state index is 0.470. The van der Waals surface area contributed by atoms with Gasteiger partial charge in [0.15, 0.2) is 5.96 Å². The predicted molar refractivity (Wildman–Crippen MR) is 88.7 cm³/mol. The number of rotatable bonds is 6. The Hall–Kier alpha value is -0.770. The monoisotopic (exact) mass is 295 g/mol. The summed E-state index contributed by atoms with van der Waals surface area (Å²) in [6.07, 6.45) is 7.92. The van der Waals surface area contributed by atoms with Crippen molar-refractivity contribution in [2.75, 3.05) is 39.9 Å². The van der Waals surface area contributed by atoms with Crippen LogP contribution >= 0.6 is 0 Å². The molecular weight excluding hydrogens is 262 g/mol. The summed E-state index contributed by atoms with van der Waals surface area (Å²) >= 11 is 0. The summed E-state index contributed by atoms with van der Waals surface area (Å²) < 4.78 is 5.49. The summed E-state index contributed by atoms with van der Waals surface area (Å²) in [5.74, 6) is 1.73. The molecule has 2 fully saturated rings. The molecule has 0 spiro atoms. The summed E-state index contributed by atoms with van der Waals surface area (Å²) in [6.45, 7) is 9.26. The zero-order chi connectivity index (χ0) is 15.1. The molecule has 1 N–H and O–H groups in total. The van der Waals surface area contributed by atoms with Gasteiger partial charge in [-0.25, -0.2) is 0 Å². The Kier molecular flexibility index (Phi) is 6.34. The van der Waals surface area contributed by atoms with Gasteiger partial charge >= 0.3 is 0 Å². The SMILES string of the molecule is CCNC(=NCC1(CC)CCCC1)N(C)CC1CCOC1. The number of nitrogens with one attached hydrogen (secondary N) is 1. The summed E-state index contributed by atoms with van der Waals surface area (Å²) in [6, 6.07) is 0. The highest BCUT2D eigenvalue weighted by molar-refractivity contribution is 5.79. The van der Waals surface area contributed by atoms with Crippen LogP contribution in [-0.4, -0.2) is 50.8 Å². The molecule has 2 aliphatic rings. The van der Waals surface area contributed by atoms with Crippen molar-refractivity contribution in [2.24, 2.45) is 16.3 Å². The zero-order valence-electron chi connectivity index (χ0n) is 14.2. The third-order valence-corrected chi connectivity index (χ3v) is 5.23. The van der Waals surface area contributed by atoms with Crippen LogP contribution in [-0.2, 0) is 4.74 Å². The van der Waals surface area contributed by atoms with Crippen LogP contribution in [0.3, 0.4) is 0 Å². The van der Waals surface area contributed by atoms with Gasteiger partial charge in [-0.05, 0) is 38.0 Å². The highest BCUT2D eigenvalue weighted by Crippen LogP contribution is 2.41. The van der Waals surface area contributed by atoms with Gasteiger partial charge in [0.1, 0.15) is 0 Å². The summed E-state index contributed by atoms with van der Waals surface area (Å²) in [7, 11) is 2.16. The van der Waals surface area contributed by atoms with Crippen molar-refractivity contribution in [1.82, 2.24) is 10.2 Å². The number of hydrogen-bond donors (Lipinski definition) is 1. The second-order valence-electron chi connectivity index (χ2n) is 6.84. The molecule has 1 saturated heterocycles. The zero-order valence-corrected chi connectivity index (χ0v) is 14.2. The standard InChI is InChI=1S/C17H33N3O/c1-4-17(9-6-7-10-17)14-19-16(18-5-2)20(3)12-15-8-11-21-13-15/h15H,4-14H2,1-3H3,(H,18,19). The molecule has 1 aliphatic heterocycles. The lowest BCUT2D eigenvalue weighted by atomic mass is 9.83. The lowest BCUT2D eigenvalue weighted by Gasteiger charge is -2.28. The average Bonchev–Trinajstić information content (AvgIpc) is 3.15. The van der Waals surface area contributed by atoms with Crippen LogP contribution in [0.5, 0.6) is 0 Å². The third kappa shape index (κ3) is 4.60. The van der Waals surface area contributed by atoms with Crippen molar-refractivity contribution in [3.8, 4) is 0 Å². The second-order valence-corrected chi connectivity index (χ2v) is 6.84. The van der Waals surface area contributed by atoms with Crippen molar-refractivity contribution >= 4 is 5.96 Å². The van der Waals surface area contributed by atoms with E-state index in [0.29, 0.717) is 11.3 Å². The van der Waals surface area contributed by atoms with Gasteiger partial charge < -0.3 is 15.0 Å². The molecule has 4 nitrogen and oxygen atoms in total. The number of hydrogen-bond acceptors (Lipinski definition) is 2. The largest absolute Gasteiger partial charge is 0.381 e. The van der Waals surface area contributed by atoms with Crippen LogP contribution < -0.4 is 5.32 Å². The first kappa shape index (κ1) is 16.6. The lowest BCUT2D eigenvalue weighted by molar-refractivity contribution is 0.181. The lowest BCUT2D eigenvalue weighted by Crippen LogP contribution is -2.42. The maximum atomic E-state index is 5.49. The van der Waals surface area contributed by atoms with Gasteiger partial charge in [-0.1, -0.05) is 19.8 Å². The smallest absolute Gasteiger partial charge is 0.193 e. The van der Waals surface area contributed by atoms with E-state index >= 15 is 0 Å². The van der Waals surface area contributed by atoms with E-state index in [1.165, 1.54) is 38.5 Å². The van der Waals surface area contributed by atoms with Crippen LogP contribution in [0.2, 0.25) is 0 Å². The van der Waals surface area contributed by atoms with Crippen molar-refractivity contribution < 1.29 is 4.74 Å². The van der Waals surface area contributed by atoms with Crippen LogP contribution in [0, 0.1) is 11.3 Å². The van der Waals surface area contributed by atoms with Gasteiger partial charge in [0, 0.05) is 39.2 Å². The Morgan fingerprint density at radius 3 is 2.67 bits per heavy atom. The van der Waals surface area contributed by atoms with E-state index in [2.05, 4.69) is 31.1 Å². The summed E-state index contributed by atoms with van der Waals surface area (Å²) in [5.41, 5.74) is 0.470. The first-order chi connectivity index (χ1) is 10.2. The van der Waals surface area contributed by atoms with Gasteiger partial charge in [0.05, 0.1) is 6.61 Å². The molecular formula is C17H33N3O. The predicted octanol–water partition coefficient (Wildman–Crippen LogP) is 2.89. The van der Waals surface area contributed by atoms with E-state index in [1.807, 2.05) is 0 Å². The van der Waals surface area contributed by atoms with E-state index in [1.54, 1.807) is 0 Å². The second kappa shape index (κ2) is 8.02. The highest BCUT2D eigenvalue weighted by atomic mass is 16.5. The molecule has 1 aliphatic carbocycles. The summed E-state index contributed by atoms with van der Waals surface area (Å²) in [5, 5.41) is 3.46. The highest BCUT2D eigenvalue weighted by Gasteiger charge is 2.32. The Labute approximate surface area is 130 Å². The van der Waals surface area contributed by atoms with Gasteiger partial charge in [-0.3, -0.25) is 4.99 Å². The molecule has 0 radical (unpaired) electrons. The minimum atomic E-state index is 0.470. The number of aliphatic imine (C=N–C) groups is 1. The van der Waals surface area contributed by atoms with Crippen LogP contribution in [0.4, 0.5) is 0 Å². The van der Waals surface area contributed by atoms with Crippen molar-refractivity contribution in [1.29, 1.82) is 0 Å². The molecule has 1 heterocycles. The number of guanidine groups is 1. The van der Waals surface area contributed by atoms with Crippen molar-refractivity contribution in [3.63, 3.8) is 0 Å². The number of nitrogens with zero attached hydrogens (tertiary/aromatic N) is 2. The van der Waals surface area contributed by atoms with Crippen molar-refractivity contribution in [2.45, 2.75) is 52.4 Å². The van der Waals surface area contributed by atoms with Crippen molar-refractivity contribution in [3.05, 3.63) is 0 Å². The topological polar surface area (TPSA) is 36.9 Å². The Morgan fingerprint density at radius 1 is 1.33 bits per heavy atom. The molecule has 0 amide bonds. The van der Waals surface area contributed by atoms with Gasteiger partial charge in [-0.2, -0.15) is 0 Å². The molecule has 0 bridgehead atoms. The molecule has 1 saturated carbocycles. The molecule has 122 valence electrons. The first-order valence-corrected chi connectivity index (χ1v) is 8.76. The molecule has 21 heavy (non-hydrogen) atoms. The maximum Gasteiger partial charge on any atom is 0.193 e. The fourth-order valence-electron chi connectivity index (χ4n) is 3.66. The van der Waals surface area contributed by atoms with E-state index < -0.39 is 0 Å². The normalized spacial score (nSPS) is 25.3. The van der Waals surface area contributed by atoms with E-state index in [4.69, 9.17) is 9.73 Å². The van der Waals surface area contributed by atoms with Gasteiger partial charge in [0.2, 0.25) is 0 Å². The first-order valence-electron chi connectivity index (χ1n) is 8.76. The van der Waals surface area contributed by atoms with Crippen LogP contribution in [0.1, 0.15) is 52.4 Å². The molecule has 0 aromatic carbocycles. The number of ether oxygens (including phenoxy) is 1.